The van der Waals surface area contributed by atoms with Gasteiger partial charge in [-0.1, -0.05) is 64.9 Å². The van der Waals surface area contributed by atoms with Gasteiger partial charge in [0, 0.05) is 18.6 Å². The zero-order chi connectivity index (χ0) is 21.8. The van der Waals surface area contributed by atoms with Crippen LogP contribution in [-0.4, -0.2) is 26.3 Å². The summed E-state index contributed by atoms with van der Waals surface area (Å²) < 4.78 is 10.9. The lowest BCUT2D eigenvalue weighted by atomic mass is 9.67. The lowest BCUT2D eigenvalue weighted by Gasteiger charge is -2.39. The van der Waals surface area contributed by atoms with Crippen molar-refractivity contribution >= 4 is 5.97 Å². The van der Waals surface area contributed by atoms with E-state index in [0.29, 0.717) is 30.6 Å². The van der Waals surface area contributed by atoms with Crippen molar-refractivity contribution in [2.75, 3.05) is 20.3 Å². The molecule has 0 amide bonds. The molecule has 0 heterocycles. The summed E-state index contributed by atoms with van der Waals surface area (Å²) in [6.45, 7) is 8.84. The molecule has 3 heteroatoms. The highest BCUT2D eigenvalue weighted by Gasteiger charge is 2.33. The number of carbonyl (C=O) groups is 1. The molecule has 2 saturated carbocycles. The van der Waals surface area contributed by atoms with E-state index in [-0.39, 0.29) is 5.97 Å². The molecule has 0 aliphatic heterocycles. The molecule has 2 fully saturated rings. The van der Waals surface area contributed by atoms with Crippen LogP contribution in [0.1, 0.15) is 104 Å². The molecule has 1 unspecified atom stereocenters. The molecule has 0 spiro atoms. The van der Waals surface area contributed by atoms with Crippen molar-refractivity contribution in [3.8, 4) is 0 Å². The number of ether oxygens (including phenoxy) is 2. The van der Waals surface area contributed by atoms with E-state index >= 15 is 0 Å². The first-order chi connectivity index (χ1) is 14.5. The molecule has 3 nitrogen and oxygen atoms in total. The topological polar surface area (TPSA) is 35.5 Å². The molecule has 0 aromatic carbocycles. The fourth-order valence-corrected chi connectivity index (χ4v) is 5.91. The number of rotatable bonds is 13. The quantitative estimate of drug-likeness (QED) is 0.178. The largest absolute Gasteiger partial charge is 0.462 e. The smallest absolute Gasteiger partial charge is 0.333 e. The SMILES string of the molecule is C=C(C)C(=O)OCC(COC)C1CCC(C2CCC(CCCCCCC)CC2)CC1. The minimum Gasteiger partial charge on any atom is -0.462 e. The molecular formula is C27H48O3. The fourth-order valence-electron chi connectivity index (χ4n) is 5.91. The molecule has 2 rings (SSSR count). The second-order valence-electron chi connectivity index (χ2n) is 10.3. The van der Waals surface area contributed by atoms with E-state index in [1.54, 1.807) is 14.0 Å². The van der Waals surface area contributed by atoms with E-state index in [1.807, 2.05) is 0 Å². The first-order valence-corrected chi connectivity index (χ1v) is 12.9. The predicted octanol–water partition coefficient (Wildman–Crippen LogP) is 7.34. The van der Waals surface area contributed by atoms with E-state index in [4.69, 9.17) is 9.47 Å². The molecule has 0 aromatic heterocycles. The van der Waals surface area contributed by atoms with Crippen molar-refractivity contribution in [1.29, 1.82) is 0 Å². The van der Waals surface area contributed by atoms with Crippen LogP contribution in [0, 0.1) is 29.6 Å². The van der Waals surface area contributed by atoms with Gasteiger partial charge in [-0.2, -0.15) is 0 Å². The Morgan fingerprint density at radius 1 is 0.900 bits per heavy atom. The molecule has 0 N–H and O–H groups in total. The average molecular weight is 421 g/mol. The summed E-state index contributed by atoms with van der Waals surface area (Å²) in [7, 11) is 1.75. The van der Waals surface area contributed by atoms with Crippen LogP contribution in [0.25, 0.3) is 0 Å². The highest BCUT2D eigenvalue weighted by atomic mass is 16.5. The first kappa shape index (κ1) is 25.4. The maximum absolute atomic E-state index is 11.8. The van der Waals surface area contributed by atoms with Gasteiger partial charge in [0.15, 0.2) is 0 Å². The predicted molar refractivity (Wildman–Crippen MR) is 125 cm³/mol. The minimum absolute atomic E-state index is 0.271. The van der Waals surface area contributed by atoms with Gasteiger partial charge in [-0.3, -0.25) is 0 Å². The number of hydrogen-bond donors (Lipinski definition) is 0. The molecular weight excluding hydrogens is 372 g/mol. The molecule has 2 aliphatic carbocycles. The Morgan fingerprint density at radius 3 is 2.07 bits per heavy atom. The average Bonchev–Trinajstić information content (AvgIpc) is 2.77. The van der Waals surface area contributed by atoms with Gasteiger partial charge in [0.05, 0.1) is 13.2 Å². The van der Waals surface area contributed by atoms with Crippen molar-refractivity contribution in [2.24, 2.45) is 29.6 Å². The molecule has 30 heavy (non-hydrogen) atoms. The van der Waals surface area contributed by atoms with Crippen molar-refractivity contribution in [3.05, 3.63) is 12.2 Å². The first-order valence-electron chi connectivity index (χ1n) is 12.9. The molecule has 174 valence electrons. The molecule has 0 saturated heterocycles. The van der Waals surface area contributed by atoms with Crippen molar-refractivity contribution in [3.63, 3.8) is 0 Å². The molecule has 0 radical (unpaired) electrons. The van der Waals surface area contributed by atoms with Crippen LogP contribution >= 0.6 is 0 Å². The lowest BCUT2D eigenvalue weighted by molar-refractivity contribution is -0.141. The number of methoxy groups -OCH3 is 1. The van der Waals surface area contributed by atoms with Gasteiger partial charge in [-0.05, 0) is 69.1 Å². The number of esters is 1. The highest BCUT2D eigenvalue weighted by molar-refractivity contribution is 5.86. The normalized spacial score (nSPS) is 28.1. The van der Waals surface area contributed by atoms with E-state index in [1.165, 1.54) is 89.9 Å². The van der Waals surface area contributed by atoms with Crippen LogP contribution in [0.3, 0.4) is 0 Å². The van der Waals surface area contributed by atoms with Crippen LogP contribution in [0.15, 0.2) is 12.2 Å². The standard InChI is InChI=1S/C27H48O3/c1-5-6-7-8-9-10-22-11-13-23(14-12-22)24-15-17-25(18-16-24)26(19-29-4)20-30-27(28)21(2)3/h22-26H,2,5-20H2,1,3-4H3. The molecule has 2 aliphatic rings. The molecule has 0 aromatic rings. The molecule has 0 bridgehead atoms. The van der Waals surface area contributed by atoms with Gasteiger partial charge in [-0.15, -0.1) is 0 Å². The van der Waals surface area contributed by atoms with Crippen LogP contribution in [0.5, 0.6) is 0 Å². The summed E-state index contributed by atoms with van der Waals surface area (Å²) in [6.07, 6.45) is 19.7. The summed E-state index contributed by atoms with van der Waals surface area (Å²) >= 11 is 0. The fraction of sp³-hybridized carbons (Fsp3) is 0.889. The Bertz CT molecular complexity index is 484. The van der Waals surface area contributed by atoms with Gasteiger partial charge < -0.3 is 9.47 Å². The van der Waals surface area contributed by atoms with Gasteiger partial charge in [0.25, 0.3) is 0 Å². The Labute approximate surface area is 186 Å². The van der Waals surface area contributed by atoms with Gasteiger partial charge in [0.1, 0.15) is 0 Å². The summed E-state index contributed by atoms with van der Waals surface area (Å²) in [5, 5.41) is 0. The number of carbonyl (C=O) groups excluding carboxylic acids is 1. The summed E-state index contributed by atoms with van der Waals surface area (Å²) in [5.41, 5.74) is 0.478. The maximum Gasteiger partial charge on any atom is 0.333 e. The Morgan fingerprint density at radius 2 is 1.50 bits per heavy atom. The van der Waals surface area contributed by atoms with Crippen LogP contribution in [0.4, 0.5) is 0 Å². The van der Waals surface area contributed by atoms with Gasteiger partial charge >= 0.3 is 5.97 Å². The van der Waals surface area contributed by atoms with Crippen molar-refractivity contribution in [1.82, 2.24) is 0 Å². The van der Waals surface area contributed by atoms with E-state index in [9.17, 15) is 4.79 Å². The summed E-state index contributed by atoms with van der Waals surface area (Å²) in [4.78, 5) is 11.8. The monoisotopic (exact) mass is 420 g/mol. The Kier molecular flexibility index (Phi) is 12.1. The third kappa shape index (κ3) is 8.73. The third-order valence-electron chi connectivity index (χ3n) is 7.91. The van der Waals surface area contributed by atoms with Crippen LogP contribution in [0.2, 0.25) is 0 Å². The summed E-state index contributed by atoms with van der Waals surface area (Å²) in [6, 6.07) is 0. The Hall–Kier alpha value is -0.830. The number of unbranched alkanes of at least 4 members (excludes halogenated alkanes) is 4. The second-order valence-corrected chi connectivity index (χ2v) is 10.3. The van der Waals surface area contributed by atoms with Crippen molar-refractivity contribution < 1.29 is 14.3 Å². The zero-order valence-corrected chi connectivity index (χ0v) is 20.1. The van der Waals surface area contributed by atoms with E-state index < -0.39 is 0 Å². The second kappa shape index (κ2) is 14.3. The van der Waals surface area contributed by atoms with Gasteiger partial charge in [0.2, 0.25) is 0 Å². The third-order valence-corrected chi connectivity index (χ3v) is 7.91. The van der Waals surface area contributed by atoms with Gasteiger partial charge in [-0.25, -0.2) is 4.79 Å². The summed E-state index contributed by atoms with van der Waals surface area (Å²) in [5.74, 6) is 3.57. The van der Waals surface area contributed by atoms with E-state index in [2.05, 4.69) is 13.5 Å². The van der Waals surface area contributed by atoms with E-state index in [0.717, 1.165) is 17.8 Å². The van der Waals surface area contributed by atoms with Crippen molar-refractivity contribution in [2.45, 2.75) is 104 Å². The number of hydrogen-bond acceptors (Lipinski definition) is 3. The van der Waals surface area contributed by atoms with Crippen LogP contribution < -0.4 is 0 Å². The zero-order valence-electron chi connectivity index (χ0n) is 20.1. The highest BCUT2D eigenvalue weighted by Crippen LogP contribution is 2.43. The Balaban J connectivity index is 1.67. The lowest BCUT2D eigenvalue weighted by Crippen LogP contribution is -2.32. The van der Waals surface area contributed by atoms with Crippen LogP contribution in [-0.2, 0) is 14.3 Å². The molecule has 1 atom stereocenters. The minimum atomic E-state index is -0.271. The maximum atomic E-state index is 11.8.